The molecule has 0 spiro atoms. The molecule has 0 aliphatic carbocycles. The molecule has 0 saturated heterocycles. The van der Waals surface area contributed by atoms with Crippen LogP contribution >= 0.6 is 0 Å². The molecule has 0 atom stereocenters. The molecule has 0 aliphatic heterocycles. The zero-order chi connectivity index (χ0) is 14.0. The molecule has 2 rings (SSSR count). The van der Waals surface area contributed by atoms with E-state index in [0.717, 1.165) is 5.39 Å². The molecule has 0 saturated carbocycles. The van der Waals surface area contributed by atoms with Crippen molar-refractivity contribution in [3.05, 3.63) is 36.4 Å². The van der Waals surface area contributed by atoms with E-state index < -0.39 is 5.41 Å². The Morgan fingerprint density at radius 1 is 1.21 bits per heavy atom. The highest BCUT2D eigenvalue weighted by Gasteiger charge is 2.26. The van der Waals surface area contributed by atoms with E-state index in [1.807, 2.05) is 18.2 Å². The molecular formula is C15H18N2O2. The average molecular weight is 258 g/mol. The van der Waals surface area contributed by atoms with Gasteiger partial charge in [-0.05, 0) is 26.0 Å². The molecule has 2 aromatic rings. The smallest absolute Gasteiger partial charge is 0.231 e. The van der Waals surface area contributed by atoms with Gasteiger partial charge in [-0.3, -0.25) is 4.79 Å². The van der Waals surface area contributed by atoms with Crippen LogP contribution in [0.25, 0.3) is 10.8 Å². The number of benzene rings is 2. The van der Waals surface area contributed by atoms with Gasteiger partial charge in [-0.1, -0.05) is 24.3 Å². The standard InChI is InChI=1S/C15H18N2O2/c1-15(2,9-16)14(19)17-12-7-3-6-11-10(12)5-4-8-13(11)18/h3-8,18H,9,16H2,1-2H3,(H,17,19). The van der Waals surface area contributed by atoms with E-state index in [9.17, 15) is 9.90 Å². The van der Waals surface area contributed by atoms with Gasteiger partial charge in [-0.15, -0.1) is 0 Å². The number of fused-ring (bicyclic) bond motifs is 1. The highest BCUT2D eigenvalue weighted by atomic mass is 16.3. The lowest BCUT2D eigenvalue weighted by atomic mass is 9.92. The fourth-order valence-electron chi connectivity index (χ4n) is 1.79. The predicted octanol–water partition coefficient (Wildman–Crippen LogP) is 2.47. The van der Waals surface area contributed by atoms with Crippen LogP contribution in [-0.4, -0.2) is 17.6 Å². The van der Waals surface area contributed by atoms with Gasteiger partial charge in [0.1, 0.15) is 5.75 Å². The van der Waals surface area contributed by atoms with Crippen molar-refractivity contribution in [1.29, 1.82) is 0 Å². The molecule has 0 heterocycles. The summed E-state index contributed by atoms with van der Waals surface area (Å²) in [6.07, 6.45) is 0. The van der Waals surface area contributed by atoms with Crippen molar-refractivity contribution < 1.29 is 9.90 Å². The fourth-order valence-corrected chi connectivity index (χ4v) is 1.79. The minimum absolute atomic E-state index is 0.133. The maximum atomic E-state index is 12.1. The monoisotopic (exact) mass is 258 g/mol. The summed E-state index contributed by atoms with van der Waals surface area (Å²) >= 11 is 0. The molecule has 4 N–H and O–H groups in total. The minimum Gasteiger partial charge on any atom is -0.507 e. The number of nitrogens with two attached hydrogens (primary N) is 1. The molecule has 0 fully saturated rings. The summed E-state index contributed by atoms with van der Waals surface area (Å²) in [6.45, 7) is 3.87. The van der Waals surface area contributed by atoms with Gasteiger partial charge in [0, 0.05) is 23.0 Å². The van der Waals surface area contributed by atoms with Crippen LogP contribution in [0.4, 0.5) is 5.69 Å². The topological polar surface area (TPSA) is 75.4 Å². The Labute approximate surface area is 112 Å². The summed E-state index contributed by atoms with van der Waals surface area (Å²) in [5, 5.41) is 14.2. The third-order valence-corrected chi connectivity index (χ3v) is 3.27. The number of rotatable bonds is 3. The average Bonchev–Trinajstić information content (AvgIpc) is 2.40. The van der Waals surface area contributed by atoms with Gasteiger partial charge in [-0.2, -0.15) is 0 Å². The molecule has 4 heteroatoms. The Kier molecular flexibility index (Phi) is 3.44. The van der Waals surface area contributed by atoms with Crippen LogP contribution in [0.5, 0.6) is 5.75 Å². The number of aromatic hydroxyl groups is 1. The summed E-state index contributed by atoms with van der Waals surface area (Å²) in [6, 6.07) is 10.7. The summed E-state index contributed by atoms with van der Waals surface area (Å²) in [7, 11) is 0. The molecular weight excluding hydrogens is 240 g/mol. The van der Waals surface area contributed by atoms with Crippen LogP contribution in [-0.2, 0) is 4.79 Å². The van der Waals surface area contributed by atoms with E-state index >= 15 is 0 Å². The third-order valence-electron chi connectivity index (χ3n) is 3.27. The molecule has 0 bridgehead atoms. The zero-order valence-corrected chi connectivity index (χ0v) is 11.1. The van der Waals surface area contributed by atoms with Crippen molar-refractivity contribution >= 4 is 22.4 Å². The Bertz CT molecular complexity index is 621. The minimum atomic E-state index is -0.626. The first kappa shape index (κ1) is 13.4. The van der Waals surface area contributed by atoms with Gasteiger partial charge in [0.2, 0.25) is 5.91 Å². The Hall–Kier alpha value is -2.07. The van der Waals surface area contributed by atoms with E-state index in [4.69, 9.17) is 5.73 Å². The zero-order valence-electron chi connectivity index (χ0n) is 11.1. The number of phenolic OH excluding ortho intramolecular Hbond substituents is 1. The third kappa shape index (κ3) is 2.53. The summed E-state index contributed by atoms with van der Waals surface area (Å²) in [5.74, 6) is 0.0672. The Balaban J connectivity index is 2.42. The van der Waals surface area contributed by atoms with Crippen LogP contribution in [0.3, 0.4) is 0 Å². The second kappa shape index (κ2) is 4.90. The van der Waals surface area contributed by atoms with E-state index in [-0.39, 0.29) is 18.2 Å². The fraction of sp³-hybridized carbons (Fsp3) is 0.267. The van der Waals surface area contributed by atoms with Crippen molar-refractivity contribution in [3.63, 3.8) is 0 Å². The van der Waals surface area contributed by atoms with Crippen molar-refractivity contribution in [1.82, 2.24) is 0 Å². The number of hydrogen-bond acceptors (Lipinski definition) is 3. The number of anilines is 1. The van der Waals surface area contributed by atoms with Gasteiger partial charge >= 0.3 is 0 Å². The Morgan fingerprint density at radius 3 is 2.53 bits per heavy atom. The quantitative estimate of drug-likeness (QED) is 0.791. The van der Waals surface area contributed by atoms with Crippen molar-refractivity contribution in [2.45, 2.75) is 13.8 Å². The maximum absolute atomic E-state index is 12.1. The molecule has 100 valence electrons. The van der Waals surface area contributed by atoms with Gasteiger partial charge < -0.3 is 16.2 Å². The van der Waals surface area contributed by atoms with Crippen LogP contribution in [0.2, 0.25) is 0 Å². The van der Waals surface area contributed by atoms with Crippen molar-refractivity contribution in [3.8, 4) is 5.75 Å². The van der Waals surface area contributed by atoms with Crippen LogP contribution in [0, 0.1) is 5.41 Å². The van der Waals surface area contributed by atoms with Gasteiger partial charge in [0.15, 0.2) is 0 Å². The molecule has 2 aromatic carbocycles. The number of hydrogen-bond donors (Lipinski definition) is 3. The van der Waals surface area contributed by atoms with E-state index in [2.05, 4.69) is 5.32 Å². The number of carbonyl (C=O) groups excluding carboxylic acids is 1. The highest BCUT2D eigenvalue weighted by molar-refractivity contribution is 6.05. The normalized spacial score (nSPS) is 11.5. The lowest BCUT2D eigenvalue weighted by molar-refractivity contribution is -0.123. The second-order valence-electron chi connectivity index (χ2n) is 5.22. The number of nitrogens with one attached hydrogen (secondary N) is 1. The highest BCUT2D eigenvalue weighted by Crippen LogP contribution is 2.30. The second-order valence-corrected chi connectivity index (χ2v) is 5.22. The predicted molar refractivity (Wildman–Crippen MR) is 77.1 cm³/mol. The number of carbonyl (C=O) groups is 1. The molecule has 0 radical (unpaired) electrons. The molecule has 1 amide bonds. The van der Waals surface area contributed by atoms with E-state index in [1.54, 1.807) is 32.0 Å². The van der Waals surface area contributed by atoms with Crippen molar-refractivity contribution in [2.24, 2.45) is 11.1 Å². The summed E-state index contributed by atoms with van der Waals surface area (Å²) < 4.78 is 0. The van der Waals surface area contributed by atoms with Gasteiger partial charge in [0.25, 0.3) is 0 Å². The Morgan fingerprint density at radius 2 is 1.84 bits per heavy atom. The van der Waals surface area contributed by atoms with Gasteiger partial charge in [-0.25, -0.2) is 0 Å². The first-order chi connectivity index (χ1) is 8.95. The first-order valence-electron chi connectivity index (χ1n) is 6.18. The van der Waals surface area contributed by atoms with E-state index in [1.165, 1.54) is 0 Å². The lowest BCUT2D eigenvalue weighted by Gasteiger charge is -2.21. The molecule has 0 aliphatic rings. The largest absolute Gasteiger partial charge is 0.507 e. The van der Waals surface area contributed by atoms with Crippen LogP contribution < -0.4 is 11.1 Å². The summed E-state index contributed by atoms with van der Waals surface area (Å²) in [5.41, 5.74) is 5.65. The first-order valence-corrected chi connectivity index (χ1v) is 6.18. The van der Waals surface area contributed by atoms with Crippen LogP contribution in [0.1, 0.15) is 13.8 Å². The van der Waals surface area contributed by atoms with Crippen molar-refractivity contribution in [2.75, 3.05) is 11.9 Å². The van der Waals surface area contributed by atoms with E-state index in [0.29, 0.717) is 11.1 Å². The molecule has 0 aromatic heterocycles. The van der Waals surface area contributed by atoms with Crippen LogP contribution in [0.15, 0.2) is 36.4 Å². The number of phenols is 1. The molecule has 0 unspecified atom stereocenters. The lowest BCUT2D eigenvalue weighted by Crippen LogP contribution is -2.37. The summed E-state index contributed by atoms with van der Waals surface area (Å²) in [4.78, 5) is 12.1. The van der Waals surface area contributed by atoms with Gasteiger partial charge in [0.05, 0.1) is 5.41 Å². The molecule has 19 heavy (non-hydrogen) atoms. The molecule has 4 nitrogen and oxygen atoms in total. The maximum Gasteiger partial charge on any atom is 0.231 e. The SMILES string of the molecule is CC(C)(CN)C(=O)Nc1cccc2c(O)cccc12. The number of amides is 1.